The Labute approximate surface area is 168 Å². The minimum absolute atomic E-state index is 0.130. The second-order valence-electron chi connectivity index (χ2n) is 6.95. The smallest absolute Gasteiger partial charge is 0.222 e. The van der Waals surface area contributed by atoms with Gasteiger partial charge in [0.2, 0.25) is 17.7 Å². The fourth-order valence-corrected chi connectivity index (χ4v) is 4.21. The van der Waals surface area contributed by atoms with Gasteiger partial charge in [0, 0.05) is 31.3 Å². The quantitative estimate of drug-likeness (QED) is 0.716. The van der Waals surface area contributed by atoms with Crippen LogP contribution in [0, 0.1) is 0 Å². The van der Waals surface area contributed by atoms with E-state index in [1.165, 1.54) is 18.3 Å². The number of carbonyl (C=O) groups is 3. The number of nitrogens with one attached hydrogen (secondary N) is 2. The lowest BCUT2D eigenvalue weighted by Gasteiger charge is -2.26. The first kappa shape index (κ1) is 20.1. The average Bonchev–Trinajstić information content (AvgIpc) is 3.33. The highest BCUT2D eigenvalue weighted by Gasteiger charge is 2.26. The molecule has 28 heavy (non-hydrogen) atoms. The third-order valence-corrected chi connectivity index (χ3v) is 5.75. The molecule has 1 aromatic heterocycles. The number of carbonyl (C=O) groups excluding carboxylic acids is 3. The standard InChI is InChI=1S/C21H25N3O3S/c1-15(25)22-17(19-9-6-12-28-19)13-20(26)23-18(16-7-3-2-4-8-16)14-24-11-5-10-21(24)27/h2-4,6-9,12,17-18H,5,10-11,13-14H2,1H3,(H,22,25)(H,23,26)/t17-,18+/m0/s1. The van der Waals surface area contributed by atoms with Gasteiger partial charge in [-0.05, 0) is 23.4 Å². The van der Waals surface area contributed by atoms with Gasteiger partial charge in [0.15, 0.2) is 0 Å². The predicted molar refractivity (Wildman–Crippen MR) is 109 cm³/mol. The van der Waals surface area contributed by atoms with E-state index in [9.17, 15) is 14.4 Å². The number of hydrogen-bond donors (Lipinski definition) is 2. The summed E-state index contributed by atoms with van der Waals surface area (Å²) in [5.74, 6) is -0.203. The highest BCUT2D eigenvalue weighted by atomic mass is 32.1. The molecular weight excluding hydrogens is 374 g/mol. The van der Waals surface area contributed by atoms with Crippen molar-refractivity contribution in [2.24, 2.45) is 0 Å². The lowest BCUT2D eigenvalue weighted by molar-refractivity contribution is -0.129. The summed E-state index contributed by atoms with van der Waals surface area (Å²) in [6.07, 6.45) is 1.58. The van der Waals surface area contributed by atoms with Gasteiger partial charge in [0.05, 0.1) is 18.5 Å². The topological polar surface area (TPSA) is 78.5 Å². The molecule has 1 aromatic carbocycles. The second kappa shape index (κ2) is 9.50. The van der Waals surface area contributed by atoms with Crippen molar-refractivity contribution in [3.05, 3.63) is 58.3 Å². The molecule has 0 radical (unpaired) electrons. The van der Waals surface area contributed by atoms with Crippen LogP contribution in [-0.4, -0.2) is 35.7 Å². The molecule has 0 unspecified atom stereocenters. The van der Waals surface area contributed by atoms with Gasteiger partial charge in [-0.1, -0.05) is 36.4 Å². The number of amides is 3. The fourth-order valence-electron chi connectivity index (χ4n) is 3.43. The first-order valence-corrected chi connectivity index (χ1v) is 10.3. The van der Waals surface area contributed by atoms with E-state index in [2.05, 4.69) is 10.6 Å². The summed E-state index contributed by atoms with van der Waals surface area (Å²) in [5.41, 5.74) is 0.961. The molecule has 0 saturated carbocycles. The van der Waals surface area contributed by atoms with E-state index in [-0.39, 0.29) is 36.2 Å². The third-order valence-electron chi connectivity index (χ3n) is 4.77. The molecule has 7 heteroatoms. The van der Waals surface area contributed by atoms with Crippen LogP contribution in [-0.2, 0) is 14.4 Å². The zero-order valence-electron chi connectivity index (χ0n) is 15.9. The van der Waals surface area contributed by atoms with Crippen molar-refractivity contribution in [1.82, 2.24) is 15.5 Å². The van der Waals surface area contributed by atoms with Crippen molar-refractivity contribution >= 4 is 29.1 Å². The molecule has 2 aromatic rings. The van der Waals surface area contributed by atoms with Crippen LogP contribution < -0.4 is 10.6 Å². The molecule has 1 aliphatic rings. The molecule has 148 valence electrons. The van der Waals surface area contributed by atoms with Gasteiger partial charge < -0.3 is 15.5 Å². The molecule has 6 nitrogen and oxygen atoms in total. The molecular formula is C21H25N3O3S. The van der Waals surface area contributed by atoms with Crippen LogP contribution in [0.2, 0.25) is 0 Å². The summed E-state index contributed by atoms with van der Waals surface area (Å²) < 4.78 is 0. The number of nitrogens with zero attached hydrogens (tertiary/aromatic N) is 1. The lowest BCUT2D eigenvalue weighted by atomic mass is 10.1. The van der Waals surface area contributed by atoms with Crippen LogP contribution in [0.4, 0.5) is 0 Å². The highest BCUT2D eigenvalue weighted by molar-refractivity contribution is 7.10. The van der Waals surface area contributed by atoms with Crippen LogP contribution in [0.15, 0.2) is 47.8 Å². The Bertz CT molecular complexity index is 808. The molecule has 1 fully saturated rings. The lowest BCUT2D eigenvalue weighted by Crippen LogP contribution is -2.40. The number of likely N-dealkylation sites (tertiary alicyclic amines) is 1. The number of thiophene rings is 1. The average molecular weight is 400 g/mol. The SMILES string of the molecule is CC(=O)N[C@@H](CC(=O)N[C@H](CN1CCCC1=O)c1ccccc1)c1cccs1. The molecule has 2 atom stereocenters. The van der Waals surface area contributed by atoms with Gasteiger partial charge >= 0.3 is 0 Å². The van der Waals surface area contributed by atoms with E-state index >= 15 is 0 Å². The Morgan fingerprint density at radius 2 is 1.89 bits per heavy atom. The molecule has 2 heterocycles. The summed E-state index contributed by atoms with van der Waals surface area (Å²) in [6.45, 7) is 2.63. The highest BCUT2D eigenvalue weighted by Crippen LogP contribution is 2.23. The van der Waals surface area contributed by atoms with Gasteiger partial charge in [-0.15, -0.1) is 11.3 Å². The normalized spacial score (nSPS) is 15.9. The van der Waals surface area contributed by atoms with Gasteiger partial charge in [-0.25, -0.2) is 0 Å². The van der Waals surface area contributed by atoms with E-state index in [4.69, 9.17) is 0 Å². The van der Waals surface area contributed by atoms with Gasteiger partial charge in [-0.2, -0.15) is 0 Å². The van der Waals surface area contributed by atoms with Gasteiger partial charge in [-0.3, -0.25) is 14.4 Å². The Balaban J connectivity index is 1.70. The van der Waals surface area contributed by atoms with Crippen molar-refractivity contribution < 1.29 is 14.4 Å². The Hall–Kier alpha value is -2.67. The summed E-state index contributed by atoms with van der Waals surface area (Å²) in [5, 5.41) is 7.84. The fraction of sp³-hybridized carbons (Fsp3) is 0.381. The van der Waals surface area contributed by atoms with Crippen LogP contribution in [0.1, 0.15) is 48.7 Å². The van der Waals surface area contributed by atoms with E-state index < -0.39 is 0 Å². The monoisotopic (exact) mass is 399 g/mol. The van der Waals surface area contributed by atoms with E-state index in [0.717, 1.165) is 23.4 Å². The molecule has 3 amide bonds. The summed E-state index contributed by atoms with van der Waals surface area (Å²) in [7, 11) is 0. The summed E-state index contributed by atoms with van der Waals surface area (Å²) >= 11 is 1.51. The maximum absolute atomic E-state index is 12.8. The maximum Gasteiger partial charge on any atom is 0.222 e. The largest absolute Gasteiger partial charge is 0.348 e. The molecule has 0 spiro atoms. The van der Waals surface area contributed by atoms with E-state index in [1.807, 2.05) is 52.7 Å². The Morgan fingerprint density at radius 3 is 2.50 bits per heavy atom. The van der Waals surface area contributed by atoms with Gasteiger partial charge in [0.1, 0.15) is 0 Å². The molecule has 3 rings (SSSR count). The van der Waals surface area contributed by atoms with Crippen LogP contribution in [0.25, 0.3) is 0 Å². The van der Waals surface area contributed by atoms with Gasteiger partial charge in [0.25, 0.3) is 0 Å². The van der Waals surface area contributed by atoms with E-state index in [1.54, 1.807) is 0 Å². The van der Waals surface area contributed by atoms with Crippen molar-refractivity contribution in [3.63, 3.8) is 0 Å². The minimum atomic E-state index is -0.359. The van der Waals surface area contributed by atoms with Crippen molar-refractivity contribution in [1.29, 1.82) is 0 Å². The van der Waals surface area contributed by atoms with Crippen LogP contribution in [0.3, 0.4) is 0 Å². The molecule has 2 N–H and O–H groups in total. The number of benzene rings is 1. The Kier molecular flexibility index (Phi) is 6.81. The molecule has 1 saturated heterocycles. The Morgan fingerprint density at radius 1 is 1.11 bits per heavy atom. The maximum atomic E-state index is 12.8. The second-order valence-corrected chi connectivity index (χ2v) is 7.93. The molecule has 0 aliphatic carbocycles. The predicted octanol–water partition coefficient (Wildman–Crippen LogP) is 2.80. The van der Waals surface area contributed by atoms with Crippen LogP contribution in [0.5, 0.6) is 0 Å². The zero-order valence-corrected chi connectivity index (χ0v) is 16.7. The van der Waals surface area contributed by atoms with Crippen molar-refractivity contribution in [3.8, 4) is 0 Å². The zero-order chi connectivity index (χ0) is 19.9. The number of rotatable bonds is 8. The van der Waals surface area contributed by atoms with E-state index in [0.29, 0.717) is 13.0 Å². The molecule has 0 bridgehead atoms. The minimum Gasteiger partial charge on any atom is -0.348 e. The summed E-state index contributed by atoms with van der Waals surface area (Å²) in [6, 6.07) is 12.9. The van der Waals surface area contributed by atoms with Crippen molar-refractivity contribution in [2.75, 3.05) is 13.1 Å². The first-order valence-electron chi connectivity index (χ1n) is 9.45. The van der Waals surface area contributed by atoms with Crippen LogP contribution >= 0.6 is 11.3 Å². The third kappa shape index (κ3) is 5.42. The van der Waals surface area contributed by atoms with Crippen molar-refractivity contribution in [2.45, 2.75) is 38.3 Å². The number of hydrogen-bond acceptors (Lipinski definition) is 4. The summed E-state index contributed by atoms with van der Waals surface area (Å²) in [4.78, 5) is 39.2. The molecule has 1 aliphatic heterocycles. The first-order chi connectivity index (χ1) is 13.5.